The van der Waals surface area contributed by atoms with E-state index in [1.54, 1.807) is 6.08 Å². The summed E-state index contributed by atoms with van der Waals surface area (Å²) >= 11 is 0. The molecule has 1 rings (SSSR count). The van der Waals surface area contributed by atoms with Crippen LogP contribution in [0, 0.1) is 27.2 Å². The summed E-state index contributed by atoms with van der Waals surface area (Å²) in [6, 6.07) is 2.24. The molecule has 0 saturated carbocycles. The highest BCUT2D eigenvalue weighted by Crippen LogP contribution is 2.28. The summed E-state index contributed by atoms with van der Waals surface area (Å²) in [5.41, 5.74) is 5.50. The molecule has 7 nitrogen and oxygen atoms in total. The molecule has 0 amide bonds. The van der Waals surface area contributed by atoms with Crippen molar-refractivity contribution in [1.82, 2.24) is 0 Å². The summed E-state index contributed by atoms with van der Waals surface area (Å²) in [5.74, 6) is 0. The lowest BCUT2D eigenvalue weighted by molar-refractivity contribution is -0.394. The van der Waals surface area contributed by atoms with Crippen molar-refractivity contribution in [3.8, 4) is 0 Å². The van der Waals surface area contributed by atoms with Gasteiger partial charge in [0.15, 0.2) is 0 Å². The summed E-state index contributed by atoms with van der Waals surface area (Å²) in [6.07, 6.45) is 3.12. The highest BCUT2D eigenvalue weighted by Gasteiger charge is 2.19. The van der Waals surface area contributed by atoms with Crippen LogP contribution in [0.1, 0.15) is 11.1 Å². The Balaban J connectivity index is 3.42. The molecule has 90 valence electrons. The van der Waals surface area contributed by atoms with Crippen LogP contribution in [0.5, 0.6) is 0 Å². The number of nitrogens with two attached hydrogens (primary N) is 1. The van der Waals surface area contributed by atoms with Crippen molar-refractivity contribution >= 4 is 17.5 Å². The van der Waals surface area contributed by atoms with Gasteiger partial charge in [-0.3, -0.25) is 20.2 Å². The van der Waals surface area contributed by atoms with Crippen LogP contribution >= 0.6 is 0 Å². The zero-order valence-corrected chi connectivity index (χ0v) is 9.12. The second-order valence-electron chi connectivity index (χ2n) is 3.33. The minimum absolute atomic E-state index is 0.260. The van der Waals surface area contributed by atoms with Crippen molar-refractivity contribution in [2.24, 2.45) is 5.73 Å². The van der Waals surface area contributed by atoms with Gasteiger partial charge in [-0.1, -0.05) is 12.2 Å². The van der Waals surface area contributed by atoms with Crippen molar-refractivity contribution in [3.63, 3.8) is 0 Å². The zero-order valence-electron chi connectivity index (χ0n) is 9.12. The minimum Gasteiger partial charge on any atom is -0.327 e. The lowest BCUT2D eigenvalue weighted by Gasteiger charge is -2.02. The third kappa shape index (κ3) is 2.85. The van der Waals surface area contributed by atoms with E-state index in [0.29, 0.717) is 11.1 Å². The number of non-ortho nitro benzene ring substituents is 1. The van der Waals surface area contributed by atoms with Crippen LogP contribution in [0.4, 0.5) is 11.4 Å². The molecule has 2 N–H and O–H groups in total. The van der Waals surface area contributed by atoms with Gasteiger partial charge in [0.25, 0.3) is 11.4 Å². The van der Waals surface area contributed by atoms with Gasteiger partial charge >= 0.3 is 0 Å². The van der Waals surface area contributed by atoms with Crippen LogP contribution in [0.2, 0.25) is 0 Å². The molecule has 0 aliphatic rings. The Morgan fingerprint density at radius 3 is 2.41 bits per heavy atom. The summed E-state index contributed by atoms with van der Waals surface area (Å²) in [7, 11) is 0. The molecule has 0 bridgehead atoms. The van der Waals surface area contributed by atoms with Gasteiger partial charge in [0, 0.05) is 18.2 Å². The van der Waals surface area contributed by atoms with Gasteiger partial charge in [-0.15, -0.1) is 0 Å². The molecular weight excluding hydrogens is 226 g/mol. The summed E-state index contributed by atoms with van der Waals surface area (Å²) in [5, 5.41) is 21.4. The maximum Gasteiger partial charge on any atom is 0.279 e. The van der Waals surface area contributed by atoms with E-state index < -0.39 is 9.85 Å². The van der Waals surface area contributed by atoms with Crippen LogP contribution in [-0.4, -0.2) is 16.4 Å². The normalized spacial score (nSPS) is 10.7. The fraction of sp³-hybridized carbons (Fsp3) is 0.200. The lowest BCUT2D eigenvalue weighted by atomic mass is 10.1. The molecule has 0 saturated heterocycles. The fourth-order valence-electron chi connectivity index (χ4n) is 1.37. The Morgan fingerprint density at radius 1 is 1.29 bits per heavy atom. The molecule has 0 aliphatic heterocycles. The largest absolute Gasteiger partial charge is 0.327 e. The topological polar surface area (TPSA) is 112 Å². The molecule has 0 heterocycles. The zero-order chi connectivity index (χ0) is 13.0. The minimum atomic E-state index is -0.660. The third-order valence-corrected chi connectivity index (χ3v) is 2.25. The van der Waals surface area contributed by atoms with Crippen LogP contribution in [0.3, 0.4) is 0 Å². The first kappa shape index (κ1) is 12.8. The Hall–Kier alpha value is -2.28. The van der Waals surface area contributed by atoms with Crippen molar-refractivity contribution in [2.45, 2.75) is 6.92 Å². The number of nitro groups is 2. The molecule has 0 fully saturated rings. The average Bonchev–Trinajstić information content (AvgIpc) is 2.26. The molecule has 17 heavy (non-hydrogen) atoms. The van der Waals surface area contributed by atoms with Crippen molar-refractivity contribution in [3.05, 3.63) is 49.6 Å². The predicted molar refractivity (Wildman–Crippen MR) is 62.6 cm³/mol. The molecular formula is C10H11N3O4. The Labute approximate surface area is 96.8 Å². The van der Waals surface area contributed by atoms with E-state index >= 15 is 0 Å². The first-order valence-electron chi connectivity index (χ1n) is 4.77. The number of rotatable bonds is 4. The molecule has 0 atom stereocenters. The van der Waals surface area contributed by atoms with Crippen molar-refractivity contribution < 1.29 is 9.85 Å². The van der Waals surface area contributed by atoms with E-state index in [-0.39, 0.29) is 17.9 Å². The quantitative estimate of drug-likeness (QED) is 0.633. The molecule has 1 aromatic carbocycles. The van der Waals surface area contributed by atoms with Crippen LogP contribution in [0.25, 0.3) is 6.08 Å². The Bertz CT molecular complexity index is 497. The Morgan fingerprint density at radius 2 is 1.94 bits per heavy atom. The van der Waals surface area contributed by atoms with E-state index in [1.165, 1.54) is 19.1 Å². The number of nitrogens with zero attached hydrogens (tertiary/aromatic N) is 2. The molecule has 0 aromatic heterocycles. The fourth-order valence-corrected chi connectivity index (χ4v) is 1.37. The van der Waals surface area contributed by atoms with E-state index in [0.717, 1.165) is 6.07 Å². The SMILES string of the molecule is Cc1c(/C=C/CN)cc([N+](=O)[O-])cc1[N+](=O)[O-]. The van der Waals surface area contributed by atoms with E-state index in [9.17, 15) is 20.2 Å². The van der Waals surface area contributed by atoms with Gasteiger partial charge in [-0.2, -0.15) is 0 Å². The van der Waals surface area contributed by atoms with Gasteiger partial charge in [-0.25, -0.2) is 0 Å². The maximum atomic E-state index is 10.8. The summed E-state index contributed by atoms with van der Waals surface area (Å²) < 4.78 is 0. The third-order valence-electron chi connectivity index (χ3n) is 2.25. The highest BCUT2D eigenvalue weighted by molar-refractivity contribution is 5.64. The maximum absolute atomic E-state index is 10.8. The Kier molecular flexibility index (Phi) is 3.89. The van der Waals surface area contributed by atoms with Crippen LogP contribution in [0.15, 0.2) is 18.2 Å². The van der Waals surface area contributed by atoms with Crippen molar-refractivity contribution in [1.29, 1.82) is 0 Å². The lowest BCUT2D eigenvalue weighted by Crippen LogP contribution is -1.98. The monoisotopic (exact) mass is 237 g/mol. The number of hydrogen-bond donors (Lipinski definition) is 1. The molecule has 0 unspecified atom stereocenters. The summed E-state index contributed by atoms with van der Waals surface area (Å²) in [6.45, 7) is 1.80. The van der Waals surface area contributed by atoms with Gasteiger partial charge in [0.1, 0.15) is 0 Å². The molecule has 7 heteroatoms. The van der Waals surface area contributed by atoms with Gasteiger partial charge < -0.3 is 5.73 Å². The molecule has 0 aliphatic carbocycles. The number of hydrogen-bond acceptors (Lipinski definition) is 5. The first-order valence-corrected chi connectivity index (χ1v) is 4.77. The molecule has 0 spiro atoms. The van der Waals surface area contributed by atoms with Crippen molar-refractivity contribution in [2.75, 3.05) is 6.54 Å². The van der Waals surface area contributed by atoms with Gasteiger partial charge in [0.05, 0.1) is 15.9 Å². The molecule has 0 radical (unpaired) electrons. The smallest absolute Gasteiger partial charge is 0.279 e. The van der Waals surface area contributed by atoms with E-state index in [2.05, 4.69) is 0 Å². The van der Waals surface area contributed by atoms with Crippen LogP contribution < -0.4 is 5.73 Å². The number of nitro benzene ring substituents is 2. The predicted octanol–water partition coefficient (Wildman–Crippen LogP) is 1.78. The standard InChI is InChI=1S/C10H11N3O4/c1-7-8(3-2-4-11)5-9(12(14)15)6-10(7)13(16)17/h2-3,5-6H,4,11H2,1H3/b3-2+. The molecule has 1 aromatic rings. The van der Waals surface area contributed by atoms with E-state index in [4.69, 9.17) is 5.73 Å². The van der Waals surface area contributed by atoms with E-state index in [1.807, 2.05) is 0 Å². The van der Waals surface area contributed by atoms with Gasteiger partial charge in [-0.05, 0) is 12.5 Å². The number of benzene rings is 1. The first-order chi connectivity index (χ1) is 7.97. The summed E-state index contributed by atoms with van der Waals surface area (Å²) in [4.78, 5) is 20.1. The second-order valence-corrected chi connectivity index (χ2v) is 3.33. The highest BCUT2D eigenvalue weighted by atomic mass is 16.6. The van der Waals surface area contributed by atoms with Crippen LogP contribution in [-0.2, 0) is 0 Å². The second kappa shape index (κ2) is 5.17. The van der Waals surface area contributed by atoms with Gasteiger partial charge in [0.2, 0.25) is 0 Å². The average molecular weight is 237 g/mol.